The van der Waals surface area contributed by atoms with Crippen LogP contribution in [-0.2, 0) is 5.41 Å². The summed E-state index contributed by atoms with van der Waals surface area (Å²) in [7, 11) is 0. The zero-order chi connectivity index (χ0) is 10.8. The van der Waals surface area contributed by atoms with Crippen LogP contribution in [0.1, 0.15) is 29.8 Å². The maximum absolute atomic E-state index is 10.6. The van der Waals surface area contributed by atoms with E-state index in [-0.39, 0.29) is 11.2 Å². The summed E-state index contributed by atoms with van der Waals surface area (Å²) in [6.45, 7) is 7.74. The molecule has 0 atom stereocenters. The quantitative estimate of drug-likeness (QED) is 0.587. The number of benzene rings is 1. The second-order valence-electron chi connectivity index (χ2n) is 3.82. The molecule has 0 aliphatic heterocycles. The molecule has 0 heterocycles. The highest BCUT2D eigenvalue weighted by atomic mass is 16.3. The van der Waals surface area contributed by atoms with Gasteiger partial charge in [0.2, 0.25) is 0 Å². The van der Waals surface area contributed by atoms with E-state index in [2.05, 4.69) is 6.58 Å². The van der Waals surface area contributed by atoms with E-state index >= 15 is 0 Å². The Morgan fingerprint density at radius 1 is 1.43 bits per heavy atom. The van der Waals surface area contributed by atoms with E-state index in [4.69, 9.17) is 0 Å². The lowest BCUT2D eigenvalue weighted by Gasteiger charge is -2.20. The van der Waals surface area contributed by atoms with Crippen molar-refractivity contribution in [1.29, 1.82) is 0 Å². The van der Waals surface area contributed by atoms with Crippen molar-refractivity contribution in [2.24, 2.45) is 0 Å². The number of aldehydes is 1. The molecule has 2 heteroatoms. The predicted molar refractivity (Wildman–Crippen MR) is 56.7 cm³/mol. The van der Waals surface area contributed by atoms with Gasteiger partial charge in [0.05, 0.1) is 5.56 Å². The highest BCUT2D eigenvalue weighted by molar-refractivity contribution is 5.79. The Morgan fingerprint density at radius 2 is 2.07 bits per heavy atom. The number of hydrogen-bond donors (Lipinski definition) is 1. The van der Waals surface area contributed by atoms with Gasteiger partial charge >= 0.3 is 0 Å². The molecule has 2 nitrogen and oxygen atoms in total. The molecule has 14 heavy (non-hydrogen) atoms. The second-order valence-corrected chi connectivity index (χ2v) is 3.82. The minimum absolute atomic E-state index is 0.0172. The Hall–Kier alpha value is -1.57. The maximum atomic E-state index is 10.6. The molecule has 0 aliphatic rings. The SMILES string of the molecule is C=CC(C)(C)c1ccc(O)c(C=O)c1. The highest BCUT2D eigenvalue weighted by Gasteiger charge is 2.17. The molecule has 0 aliphatic carbocycles. The van der Waals surface area contributed by atoms with Crippen LogP contribution in [0.25, 0.3) is 0 Å². The van der Waals surface area contributed by atoms with Gasteiger partial charge < -0.3 is 5.11 Å². The number of carbonyl (C=O) groups is 1. The number of phenolic OH excluding ortho intramolecular Hbond substituents is 1. The second kappa shape index (κ2) is 3.66. The molecule has 1 aromatic rings. The lowest BCUT2D eigenvalue weighted by atomic mass is 9.84. The van der Waals surface area contributed by atoms with Crippen LogP contribution in [0.3, 0.4) is 0 Å². The van der Waals surface area contributed by atoms with E-state index in [9.17, 15) is 9.90 Å². The van der Waals surface area contributed by atoms with E-state index in [1.807, 2.05) is 19.9 Å². The monoisotopic (exact) mass is 190 g/mol. The highest BCUT2D eigenvalue weighted by Crippen LogP contribution is 2.27. The maximum Gasteiger partial charge on any atom is 0.153 e. The summed E-state index contributed by atoms with van der Waals surface area (Å²) in [5, 5.41) is 9.32. The summed E-state index contributed by atoms with van der Waals surface area (Å²) in [5.74, 6) is 0.0172. The van der Waals surface area contributed by atoms with Gasteiger partial charge in [-0.15, -0.1) is 6.58 Å². The summed E-state index contributed by atoms with van der Waals surface area (Å²) in [6, 6.07) is 5.01. The first kappa shape index (κ1) is 10.5. The third kappa shape index (κ3) is 1.84. The minimum atomic E-state index is -0.189. The molecule has 1 rings (SSSR count). The first-order valence-electron chi connectivity index (χ1n) is 4.43. The van der Waals surface area contributed by atoms with Crippen LogP contribution < -0.4 is 0 Å². The molecule has 1 aromatic carbocycles. The predicted octanol–water partition coefficient (Wildman–Crippen LogP) is 2.67. The molecule has 0 fully saturated rings. The third-order valence-corrected chi connectivity index (χ3v) is 2.41. The van der Waals surface area contributed by atoms with E-state index in [0.717, 1.165) is 5.56 Å². The van der Waals surface area contributed by atoms with E-state index in [0.29, 0.717) is 11.8 Å². The number of phenols is 1. The summed E-state index contributed by atoms with van der Waals surface area (Å²) in [5.41, 5.74) is 1.09. The van der Waals surface area contributed by atoms with Gasteiger partial charge in [-0.2, -0.15) is 0 Å². The standard InChI is InChI=1S/C12H14O2/c1-4-12(2,3)10-5-6-11(14)9(7-10)8-13/h4-8,14H,1H2,2-3H3. The summed E-state index contributed by atoms with van der Waals surface area (Å²) < 4.78 is 0. The van der Waals surface area contributed by atoms with Crippen LogP contribution in [0.15, 0.2) is 30.9 Å². The van der Waals surface area contributed by atoms with Gasteiger partial charge in [-0.25, -0.2) is 0 Å². The topological polar surface area (TPSA) is 37.3 Å². The smallest absolute Gasteiger partial charge is 0.153 e. The van der Waals surface area contributed by atoms with Crippen molar-refractivity contribution in [2.75, 3.05) is 0 Å². The summed E-state index contributed by atoms with van der Waals surface area (Å²) >= 11 is 0. The molecule has 0 radical (unpaired) electrons. The van der Waals surface area contributed by atoms with E-state index < -0.39 is 0 Å². The van der Waals surface area contributed by atoms with Crippen molar-refractivity contribution >= 4 is 6.29 Å². The van der Waals surface area contributed by atoms with Crippen molar-refractivity contribution in [3.05, 3.63) is 42.0 Å². The van der Waals surface area contributed by atoms with Crippen LogP contribution in [-0.4, -0.2) is 11.4 Å². The average Bonchev–Trinajstić information content (AvgIpc) is 2.18. The van der Waals surface area contributed by atoms with Crippen LogP contribution in [0.2, 0.25) is 0 Å². The minimum Gasteiger partial charge on any atom is -0.507 e. The zero-order valence-electron chi connectivity index (χ0n) is 8.45. The van der Waals surface area contributed by atoms with E-state index in [1.54, 1.807) is 12.1 Å². The normalized spacial score (nSPS) is 11.0. The molecular weight excluding hydrogens is 176 g/mol. The van der Waals surface area contributed by atoms with Crippen molar-refractivity contribution < 1.29 is 9.90 Å². The van der Waals surface area contributed by atoms with Crippen molar-refractivity contribution in [2.45, 2.75) is 19.3 Å². The summed E-state index contributed by atoms with van der Waals surface area (Å²) in [4.78, 5) is 10.6. The molecule has 74 valence electrons. The lowest BCUT2D eigenvalue weighted by molar-refractivity contribution is 0.112. The molecule has 0 bridgehead atoms. The van der Waals surface area contributed by atoms with Gasteiger partial charge in [-0.1, -0.05) is 26.0 Å². The Labute approximate surface area is 83.9 Å². The Bertz CT molecular complexity index is 365. The van der Waals surface area contributed by atoms with Crippen molar-refractivity contribution in [3.63, 3.8) is 0 Å². The number of aromatic hydroxyl groups is 1. The van der Waals surface area contributed by atoms with Gasteiger partial charge in [0.15, 0.2) is 6.29 Å². The molecule has 0 unspecified atom stereocenters. The van der Waals surface area contributed by atoms with Crippen LogP contribution in [0, 0.1) is 0 Å². The molecule has 1 N–H and O–H groups in total. The fraction of sp³-hybridized carbons (Fsp3) is 0.250. The molecule has 0 aromatic heterocycles. The van der Waals surface area contributed by atoms with Gasteiger partial charge in [-0.05, 0) is 17.7 Å². The largest absolute Gasteiger partial charge is 0.507 e. The molecule has 0 spiro atoms. The first-order valence-corrected chi connectivity index (χ1v) is 4.43. The number of allylic oxidation sites excluding steroid dienone is 1. The number of hydrogen-bond acceptors (Lipinski definition) is 2. The van der Waals surface area contributed by atoms with Crippen molar-refractivity contribution in [1.82, 2.24) is 0 Å². The first-order chi connectivity index (χ1) is 6.51. The van der Waals surface area contributed by atoms with Crippen LogP contribution >= 0.6 is 0 Å². The van der Waals surface area contributed by atoms with E-state index in [1.165, 1.54) is 6.07 Å². The zero-order valence-corrected chi connectivity index (χ0v) is 8.45. The Kier molecular flexibility index (Phi) is 2.75. The number of carbonyl (C=O) groups excluding carboxylic acids is 1. The molecule has 0 saturated heterocycles. The Balaban J connectivity index is 3.25. The Morgan fingerprint density at radius 3 is 2.57 bits per heavy atom. The van der Waals surface area contributed by atoms with Crippen LogP contribution in [0.4, 0.5) is 0 Å². The van der Waals surface area contributed by atoms with Crippen molar-refractivity contribution in [3.8, 4) is 5.75 Å². The molecular formula is C12H14O2. The third-order valence-electron chi connectivity index (χ3n) is 2.41. The van der Waals surface area contributed by atoms with Gasteiger partial charge in [0.1, 0.15) is 5.75 Å². The lowest BCUT2D eigenvalue weighted by Crippen LogP contribution is -2.13. The fourth-order valence-electron chi connectivity index (χ4n) is 1.17. The molecule has 0 saturated carbocycles. The van der Waals surface area contributed by atoms with Gasteiger partial charge in [-0.3, -0.25) is 4.79 Å². The number of rotatable bonds is 3. The fourth-order valence-corrected chi connectivity index (χ4v) is 1.17. The summed E-state index contributed by atoms with van der Waals surface area (Å²) in [6.07, 6.45) is 2.46. The average molecular weight is 190 g/mol. The molecule has 0 amide bonds. The van der Waals surface area contributed by atoms with Gasteiger partial charge in [0, 0.05) is 5.41 Å². The van der Waals surface area contributed by atoms with Gasteiger partial charge in [0.25, 0.3) is 0 Å². The van der Waals surface area contributed by atoms with Crippen LogP contribution in [0.5, 0.6) is 5.75 Å².